The van der Waals surface area contributed by atoms with E-state index in [4.69, 9.17) is 10.8 Å². The van der Waals surface area contributed by atoms with Gasteiger partial charge >= 0.3 is 5.97 Å². The first-order valence-electron chi connectivity index (χ1n) is 8.76. The molecule has 0 aliphatic carbocycles. The molecule has 1 aliphatic rings. The summed E-state index contributed by atoms with van der Waals surface area (Å²) in [5.74, 6) is -1.63. The highest BCUT2D eigenvalue weighted by Gasteiger charge is 2.33. The molecule has 0 aromatic rings. The lowest BCUT2D eigenvalue weighted by Crippen LogP contribution is -2.52. The predicted molar refractivity (Wildman–Crippen MR) is 91.1 cm³/mol. The number of piperidine rings is 1. The van der Waals surface area contributed by atoms with Crippen molar-refractivity contribution in [2.24, 2.45) is 23.5 Å². The Labute approximate surface area is 144 Å². The summed E-state index contributed by atoms with van der Waals surface area (Å²) in [5.41, 5.74) is 5.99. The van der Waals surface area contributed by atoms with E-state index in [2.05, 4.69) is 5.32 Å². The number of nitrogens with zero attached hydrogens (tertiary/aromatic N) is 1. The van der Waals surface area contributed by atoms with Crippen LogP contribution in [0.2, 0.25) is 0 Å². The first kappa shape index (κ1) is 20.4. The maximum Gasteiger partial charge on any atom is 0.326 e. The van der Waals surface area contributed by atoms with Gasteiger partial charge < -0.3 is 21.1 Å². The van der Waals surface area contributed by atoms with Gasteiger partial charge in [0.25, 0.3) is 0 Å². The molecule has 2 amide bonds. The molecule has 0 radical (unpaired) electrons. The largest absolute Gasteiger partial charge is 0.480 e. The Kier molecular flexibility index (Phi) is 7.66. The van der Waals surface area contributed by atoms with Gasteiger partial charge in [-0.25, -0.2) is 4.79 Å². The summed E-state index contributed by atoms with van der Waals surface area (Å²) in [4.78, 5) is 37.5. The average molecular weight is 341 g/mol. The van der Waals surface area contributed by atoms with Gasteiger partial charge in [0.2, 0.25) is 11.8 Å². The zero-order valence-corrected chi connectivity index (χ0v) is 15.1. The van der Waals surface area contributed by atoms with Crippen molar-refractivity contribution in [3.63, 3.8) is 0 Å². The molecule has 7 nitrogen and oxygen atoms in total. The number of nitrogens with one attached hydrogen (secondary N) is 1. The van der Waals surface area contributed by atoms with Crippen LogP contribution in [0.5, 0.6) is 0 Å². The van der Waals surface area contributed by atoms with Crippen LogP contribution in [0.3, 0.4) is 0 Å². The minimum Gasteiger partial charge on any atom is -0.480 e. The molecule has 1 rings (SSSR count). The van der Waals surface area contributed by atoms with Crippen LogP contribution < -0.4 is 11.1 Å². The van der Waals surface area contributed by atoms with Crippen LogP contribution in [0.1, 0.15) is 47.0 Å². The SMILES string of the molecule is CCC(C)[C@H](N)C(=O)N1CCC(C(=O)N[C@H](C(=O)O)C(C)C)CC1. The van der Waals surface area contributed by atoms with E-state index in [0.717, 1.165) is 6.42 Å². The second-order valence-electron chi connectivity index (χ2n) is 7.08. The molecule has 1 heterocycles. The fourth-order valence-corrected chi connectivity index (χ4v) is 2.85. The highest BCUT2D eigenvalue weighted by atomic mass is 16.4. The van der Waals surface area contributed by atoms with Gasteiger partial charge in [-0.2, -0.15) is 0 Å². The Balaban J connectivity index is 2.54. The van der Waals surface area contributed by atoms with Crippen molar-refractivity contribution in [1.82, 2.24) is 10.2 Å². The maximum absolute atomic E-state index is 12.4. The number of carbonyl (C=O) groups excluding carboxylic acids is 2. The molecule has 4 N–H and O–H groups in total. The van der Waals surface area contributed by atoms with E-state index in [-0.39, 0.29) is 29.6 Å². The summed E-state index contributed by atoms with van der Waals surface area (Å²) >= 11 is 0. The van der Waals surface area contributed by atoms with Gasteiger partial charge in [-0.15, -0.1) is 0 Å². The molecule has 7 heteroatoms. The standard InChI is InChI=1S/C17H31N3O4/c1-5-11(4)13(18)16(22)20-8-6-12(7-9-20)15(21)19-14(10(2)3)17(23)24/h10-14H,5-9,18H2,1-4H3,(H,19,21)(H,23,24)/t11?,13-,14-/m0/s1. The molecular formula is C17H31N3O4. The fraction of sp³-hybridized carbons (Fsp3) is 0.824. The molecule has 1 unspecified atom stereocenters. The Hall–Kier alpha value is -1.63. The van der Waals surface area contributed by atoms with E-state index in [1.54, 1.807) is 18.7 Å². The van der Waals surface area contributed by atoms with E-state index in [1.165, 1.54) is 0 Å². The number of carboxylic acids is 1. The van der Waals surface area contributed by atoms with Crippen molar-refractivity contribution in [2.75, 3.05) is 13.1 Å². The third-order valence-electron chi connectivity index (χ3n) is 4.95. The van der Waals surface area contributed by atoms with Gasteiger partial charge in [0.15, 0.2) is 0 Å². The minimum atomic E-state index is -1.02. The second-order valence-corrected chi connectivity index (χ2v) is 7.08. The van der Waals surface area contributed by atoms with E-state index in [0.29, 0.717) is 25.9 Å². The number of carbonyl (C=O) groups is 3. The lowest BCUT2D eigenvalue weighted by atomic mass is 9.93. The molecule has 0 saturated carbocycles. The highest BCUT2D eigenvalue weighted by molar-refractivity contribution is 5.86. The van der Waals surface area contributed by atoms with Gasteiger partial charge in [0.1, 0.15) is 6.04 Å². The van der Waals surface area contributed by atoms with Gasteiger partial charge in [0.05, 0.1) is 6.04 Å². The fourth-order valence-electron chi connectivity index (χ4n) is 2.85. The van der Waals surface area contributed by atoms with Crippen LogP contribution >= 0.6 is 0 Å². The van der Waals surface area contributed by atoms with Gasteiger partial charge in [-0.3, -0.25) is 9.59 Å². The molecule has 0 aromatic heterocycles. The molecule has 3 atom stereocenters. The van der Waals surface area contributed by atoms with Crippen molar-refractivity contribution in [3.8, 4) is 0 Å². The van der Waals surface area contributed by atoms with Gasteiger partial charge in [-0.05, 0) is 24.7 Å². The number of hydrogen-bond donors (Lipinski definition) is 3. The number of rotatable bonds is 7. The Morgan fingerprint density at radius 1 is 1.21 bits per heavy atom. The van der Waals surface area contributed by atoms with Crippen molar-refractivity contribution in [1.29, 1.82) is 0 Å². The van der Waals surface area contributed by atoms with Crippen LogP contribution in [0.4, 0.5) is 0 Å². The molecule has 1 fully saturated rings. The number of amides is 2. The van der Waals surface area contributed by atoms with E-state index >= 15 is 0 Å². The second kappa shape index (κ2) is 9.01. The zero-order valence-electron chi connectivity index (χ0n) is 15.1. The maximum atomic E-state index is 12.4. The van der Waals surface area contributed by atoms with Crippen LogP contribution in [0.25, 0.3) is 0 Å². The summed E-state index contributed by atoms with van der Waals surface area (Å²) in [6.07, 6.45) is 1.92. The van der Waals surface area contributed by atoms with Gasteiger partial charge in [0, 0.05) is 19.0 Å². The van der Waals surface area contributed by atoms with Crippen molar-refractivity contribution in [3.05, 3.63) is 0 Å². The average Bonchev–Trinajstić information content (AvgIpc) is 2.56. The molecule has 138 valence electrons. The molecule has 0 bridgehead atoms. The van der Waals surface area contributed by atoms with Crippen LogP contribution in [-0.2, 0) is 14.4 Å². The lowest BCUT2D eigenvalue weighted by Gasteiger charge is -2.34. The molecular weight excluding hydrogens is 310 g/mol. The van der Waals surface area contributed by atoms with Crippen LogP contribution in [-0.4, -0.2) is 53.0 Å². The summed E-state index contributed by atoms with van der Waals surface area (Å²) in [6.45, 7) is 8.46. The quantitative estimate of drug-likeness (QED) is 0.635. The Morgan fingerprint density at radius 2 is 1.75 bits per heavy atom. The third-order valence-corrected chi connectivity index (χ3v) is 4.95. The number of likely N-dealkylation sites (tertiary alicyclic amines) is 1. The molecule has 1 saturated heterocycles. The number of aliphatic carboxylic acids is 1. The Morgan fingerprint density at radius 3 is 2.17 bits per heavy atom. The molecule has 0 spiro atoms. The summed E-state index contributed by atoms with van der Waals surface area (Å²) in [7, 11) is 0. The first-order valence-corrected chi connectivity index (χ1v) is 8.76. The van der Waals surface area contributed by atoms with Crippen molar-refractivity contribution in [2.45, 2.75) is 59.0 Å². The number of nitrogens with two attached hydrogens (primary N) is 1. The third kappa shape index (κ3) is 5.19. The minimum absolute atomic E-state index is 0.0613. The summed E-state index contributed by atoms with van der Waals surface area (Å²) in [6, 6.07) is -1.38. The molecule has 24 heavy (non-hydrogen) atoms. The van der Waals surface area contributed by atoms with Gasteiger partial charge in [-0.1, -0.05) is 34.1 Å². The lowest BCUT2D eigenvalue weighted by molar-refractivity contribution is -0.144. The summed E-state index contributed by atoms with van der Waals surface area (Å²) < 4.78 is 0. The van der Waals surface area contributed by atoms with E-state index < -0.39 is 18.1 Å². The number of carboxylic acid groups (broad SMARTS) is 1. The molecule has 1 aliphatic heterocycles. The zero-order chi connectivity index (χ0) is 18.4. The van der Waals surface area contributed by atoms with Crippen molar-refractivity contribution >= 4 is 17.8 Å². The van der Waals surface area contributed by atoms with E-state index in [1.807, 2.05) is 13.8 Å². The predicted octanol–water partition coefficient (Wildman–Crippen LogP) is 0.824. The normalized spacial score (nSPS) is 19.7. The van der Waals surface area contributed by atoms with Crippen LogP contribution in [0, 0.1) is 17.8 Å². The van der Waals surface area contributed by atoms with E-state index in [9.17, 15) is 14.4 Å². The number of hydrogen-bond acceptors (Lipinski definition) is 4. The Bertz CT molecular complexity index is 459. The topological polar surface area (TPSA) is 113 Å². The first-order chi connectivity index (χ1) is 11.2. The summed E-state index contributed by atoms with van der Waals surface area (Å²) in [5, 5.41) is 11.8. The smallest absolute Gasteiger partial charge is 0.326 e. The van der Waals surface area contributed by atoms with Crippen LogP contribution in [0.15, 0.2) is 0 Å². The van der Waals surface area contributed by atoms with Crippen molar-refractivity contribution < 1.29 is 19.5 Å². The monoisotopic (exact) mass is 341 g/mol. The highest BCUT2D eigenvalue weighted by Crippen LogP contribution is 2.20. The molecule has 0 aromatic carbocycles.